The first-order valence-corrected chi connectivity index (χ1v) is 16.3. The molecule has 0 saturated carbocycles. The summed E-state index contributed by atoms with van der Waals surface area (Å²) in [5.41, 5.74) is 9.14. The van der Waals surface area contributed by atoms with Crippen molar-refractivity contribution >= 4 is 11.9 Å². The third-order valence-electron chi connectivity index (χ3n) is 7.69. The van der Waals surface area contributed by atoms with Crippen LogP contribution in [0.25, 0.3) is 0 Å². The summed E-state index contributed by atoms with van der Waals surface area (Å²) in [7, 11) is 0. The van der Waals surface area contributed by atoms with E-state index in [4.69, 9.17) is 9.47 Å². The van der Waals surface area contributed by atoms with Gasteiger partial charge in [-0.1, -0.05) is 58.7 Å². The van der Waals surface area contributed by atoms with Crippen molar-refractivity contribution in [3.05, 3.63) is 116 Å². The summed E-state index contributed by atoms with van der Waals surface area (Å²) in [6.45, 7) is 16.3. The second-order valence-electron chi connectivity index (χ2n) is 12.8. The first-order chi connectivity index (χ1) is 21.8. The van der Waals surface area contributed by atoms with Crippen LogP contribution >= 0.6 is 0 Å². The van der Waals surface area contributed by atoms with Gasteiger partial charge >= 0.3 is 11.9 Å². The highest BCUT2D eigenvalue weighted by Gasteiger charge is 2.21. The molecule has 0 saturated heterocycles. The minimum absolute atomic E-state index is 0.217. The fourth-order valence-corrected chi connectivity index (χ4v) is 4.93. The van der Waals surface area contributed by atoms with E-state index in [0.717, 1.165) is 44.5 Å². The van der Waals surface area contributed by atoms with Crippen molar-refractivity contribution in [2.24, 2.45) is 0 Å². The van der Waals surface area contributed by atoms with Gasteiger partial charge in [-0.3, -0.25) is 0 Å². The van der Waals surface area contributed by atoms with Gasteiger partial charge in [0.2, 0.25) is 0 Å². The lowest BCUT2D eigenvalue weighted by molar-refractivity contribution is 0.0103. The zero-order valence-corrected chi connectivity index (χ0v) is 29.1. The van der Waals surface area contributed by atoms with E-state index in [9.17, 15) is 19.8 Å². The third-order valence-corrected chi connectivity index (χ3v) is 7.69. The third kappa shape index (κ3) is 13.3. The lowest BCUT2D eigenvalue weighted by Crippen LogP contribution is -2.27. The highest BCUT2D eigenvalue weighted by molar-refractivity contribution is 5.92. The molecule has 0 aliphatic heterocycles. The highest BCUT2D eigenvalue weighted by Crippen LogP contribution is 2.24. The normalized spacial score (nSPS) is 12.0. The van der Waals surface area contributed by atoms with Gasteiger partial charge in [0.05, 0.1) is 23.3 Å². The molecule has 0 fully saturated rings. The van der Waals surface area contributed by atoms with Crippen molar-refractivity contribution in [3.8, 4) is 0 Å². The predicted octanol–water partition coefficient (Wildman–Crippen LogP) is 8.24. The van der Waals surface area contributed by atoms with Crippen LogP contribution in [0.2, 0.25) is 0 Å². The molecule has 2 N–H and O–H groups in total. The standard InChI is InChI=1S/C40H54O6/c1-27(2)15-19-33-31(11-9-13-35(33)39(43)45-25-23-29(5)6)17-21-37(41)38(42)22-18-32-12-10-14-36(34(32)20-16-28(3)4)40(44)46-26-24-30(7)8/h9-16,23-24,37-38,41-42H,17-22,25-26H2,1-8H3. The fraction of sp³-hybridized carbons (Fsp3) is 0.450. The largest absolute Gasteiger partial charge is 0.458 e. The topological polar surface area (TPSA) is 93.1 Å². The Hall–Kier alpha value is -3.74. The fourth-order valence-electron chi connectivity index (χ4n) is 4.93. The zero-order chi connectivity index (χ0) is 34.2. The molecule has 250 valence electrons. The van der Waals surface area contributed by atoms with Crippen molar-refractivity contribution in [2.75, 3.05) is 13.2 Å². The lowest BCUT2D eigenvalue weighted by Gasteiger charge is -2.20. The molecule has 2 atom stereocenters. The van der Waals surface area contributed by atoms with Crippen LogP contribution in [0.15, 0.2) is 83.0 Å². The molecule has 6 nitrogen and oxygen atoms in total. The number of hydrogen-bond donors (Lipinski definition) is 2. The average Bonchev–Trinajstić information content (AvgIpc) is 2.99. The molecule has 2 aromatic rings. The molecule has 0 spiro atoms. The molecule has 0 bridgehead atoms. The van der Waals surface area contributed by atoms with Gasteiger partial charge in [-0.25, -0.2) is 9.59 Å². The molecular formula is C40H54O6. The van der Waals surface area contributed by atoms with E-state index in [1.807, 2.05) is 91.8 Å². The van der Waals surface area contributed by atoms with E-state index in [-0.39, 0.29) is 25.2 Å². The minimum Gasteiger partial charge on any atom is -0.458 e. The van der Waals surface area contributed by atoms with Crippen molar-refractivity contribution in [1.82, 2.24) is 0 Å². The molecule has 0 heterocycles. The molecule has 0 radical (unpaired) electrons. The summed E-state index contributed by atoms with van der Waals surface area (Å²) in [6, 6.07) is 11.2. The minimum atomic E-state index is -0.956. The van der Waals surface area contributed by atoms with Crippen LogP contribution in [0.5, 0.6) is 0 Å². The quantitative estimate of drug-likeness (QED) is 0.135. The summed E-state index contributed by atoms with van der Waals surface area (Å²) >= 11 is 0. The molecule has 2 aromatic carbocycles. The molecule has 2 rings (SSSR count). The summed E-state index contributed by atoms with van der Waals surface area (Å²) < 4.78 is 11.0. The Morgan fingerprint density at radius 2 is 0.935 bits per heavy atom. The Morgan fingerprint density at radius 3 is 1.26 bits per heavy atom. The number of benzene rings is 2. The number of rotatable bonds is 17. The molecule has 0 amide bonds. The first-order valence-electron chi connectivity index (χ1n) is 16.3. The number of aryl methyl sites for hydroxylation is 2. The molecule has 6 heteroatoms. The van der Waals surface area contributed by atoms with Gasteiger partial charge in [0.1, 0.15) is 13.2 Å². The van der Waals surface area contributed by atoms with Gasteiger partial charge in [0, 0.05) is 0 Å². The van der Waals surface area contributed by atoms with Gasteiger partial charge in [0.15, 0.2) is 0 Å². The van der Waals surface area contributed by atoms with Crippen molar-refractivity contribution in [3.63, 3.8) is 0 Å². The maximum Gasteiger partial charge on any atom is 0.338 e. The van der Waals surface area contributed by atoms with Gasteiger partial charge in [-0.15, -0.1) is 0 Å². The highest BCUT2D eigenvalue weighted by atomic mass is 16.5. The predicted molar refractivity (Wildman–Crippen MR) is 187 cm³/mol. The number of ether oxygens (including phenoxy) is 2. The van der Waals surface area contributed by atoms with Crippen molar-refractivity contribution in [1.29, 1.82) is 0 Å². The number of carbonyl (C=O) groups is 2. The second kappa shape index (κ2) is 19.7. The van der Waals surface area contributed by atoms with E-state index in [0.29, 0.717) is 49.7 Å². The monoisotopic (exact) mass is 630 g/mol. The number of aliphatic hydroxyl groups is 2. The van der Waals surface area contributed by atoms with Crippen LogP contribution in [0.4, 0.5) is 0 Å². The first kappa shape index (κ1) is 38.4. The van der Waals surface area contributed by atoms with Crippen LogP contribution in [0.1, 0.15) is 111 Å². The van der Waals surface area contributed by atoms with Crippen molar-refractivity contribution in [2.45, 2.75) is 106 Å². The Balaban J connectivity index is 2.18. The summed E-state index contributed by atoms with van der Waals surface area (Å²) in [5.74, 6) is -0.742. The van der Waals surface area contributed by atoms with Crippen LogP contribution in [-0.4, -0.2) is 47.6 Å². The molecule has 46 heavy (non-hydrogen) atoms. The Morgan fingerprint density at radius 1 is 0.587 bits per heavy atom. The number of allylic oxidation sites excluding steroid dienone is 6. The van der Waals surface area contributed by atoms with E-state index >= 15 is 0 Å². The maximum absolute atomic E-state index is 13.0. The summed E-state index contributed by atoms with van der Waals surface area (Å²) in [4.78, 5) is 25.9. The van der Waals surface area contributed by atoms with Gasteiger partial charge in [-0.05, 0) is 140 Å². The smallest absolute Gasteiger partial charge is 0.338 e. The van der Waals surface area contributed by atoms with Crippen LogP contribution < -0.4 is 0 Å². The van der Waals surface area contributed by atoms with E-state index in [2.05, 4.69) is 12.2 Å². The Bertz CT molecular complexity index is 1320. The van der Waals surface area contributed by atoms with E-state index in [1.54, 1.807) is 12.1 Å². The molecule has 2 unspecified atom stereocenters. The van der Waals surface area contributed by atoms with Gasteiger partial charge in [0.25, 0.3) is 0 Å². The van der Waals surface area contributed by atoms with E-state index in [1.165, 1.54) is 0 Å². The number of esters is 2. The molecule has 0 aliphatic carbocycles. The summed E-state index contributed by atoms with van der Waals surface area (Å²) in [5, 5.41) is 22.0. The van der Waals surface area contributed by atoms with Gasteiger partial charge in [-0.2, -0.15) is 0 Å². The second-order valence-corrected chi connectivity index (χ2v) is 12.8. The Labute approximate surface area is 276 Å². The average molecular weight is 631 g/mol. The van der Waals surface area contributed by atoms with Crippen LogP contribution in [0, 0.1) is 0 Å². The number of carbonyl (C=O) groups excluding carboxylic acids is 2. The van der Waals surface area contributed by atoms with Gasteiger partial charge < -0.3 is 19.7 Å². The Kier molecular flexibility index (Phi) is 16.5. The number of hydrogen-bond acceptors (Lipinski definition) is 6. The molecule has 0 aromatic heterocycles. The SMILES string of the molecule is CC(C)=CCOC(=O)c1cccc(CCC(O)C(O)CCc2cccc(C(=O)OCC=C(C)C)c2CC=C(C)C)c1CC=C(C)C. The van der Waals surface area contributed by atoms with Crippen LogP contribution in [-0.2, 0) is 35.2 Å². The molecule has 0 aliphatic rings. The van der Waals surface area contributed by atoms with E-state index < -0.39 is 12.2 Å². The lowest BCUT2D eigenvalue weighted by atomic mass is 9.91. The zero-order valence-electron chi connectivity index (χ0n) is 29.1. The molecular weight excluding hydrogens is 576 g/mol. The van der Waals surface area contributed by atoms with Crippen LogP contribution in [0.3, 0.4) is 0 Å². The maximum atomic E-state index is 13.0. The number of aliphatic hydroxyl groups excluding tert-OH is 2. The summed E-state index contributed by atoms with van der Waals surface area (Å²) in [6.07, 6.45) is 8.80. The van der Waals surface area contributed by atoms with Crippen molar-refractivity contribution < 1.29 is 29.3 Å².